The maximum Gasteiger partial charge on any atom is 0.228 e. The van der Waals surface area contributed by atoms with Crippen LogP contribution >= 0.6 is 0 Å². The Bertz CT molecular complexity index is 413. The summed E-state index contributed by atoms with van der Waals surface area (Å²) in [6, 6.07) is 2.72. The first-order valence-corrected chi connectivity index (χ1v) is 8.28. The Hall–Kier alpha value is -1.08. The molecule has 0 radical (unpaired) electrons. The van der Waals surface area contributed by atoms with Gasteiger partial charge in [-0.3, -0.25) is 10.1 Å². The second-order valence-electron chi connectivity index (χ2n) is 7.86. The number of nitrogens with one attached hydrogen (secondary N) is 1. The molecular formula is C17H29N3O. The number of carbonyl (C=O) groups is 1. The lowest BCUT2D eigenvalue weighted by atomic mass is 9.84. The monoisotopic (exact) mass is 291 g/mol. The first-order chi connectivity index (χ1) is 9.82. The maximum atomic E-state index is 12.9. The molecule has 1 aliphatic heterocycles. The molecule has 1 saturated heterocycles. The molecular weight excluding hydrogens is 262 g/mol. The van der Waals surface area contributed by atoms with Crippen molar-refractivity contribution in [3.05, 3.63) is 0 Å². The smallest absolute Gasteiger partial charge is 0.228 e. The zero-order valence-electron chi connectivity index (χ0n) is 13.9. The Morgan fingerprint density at radius 3 is 2.29 bits per heavy atom. The summed E-state index contributed by atoms with van der Waals surface area (Å²) in [6.07, 6.45) is 5.40. The van der Waals surface area contributed by atoms with Crippen molar-refractivity contribution < 1.29 is 4.79 Å². The van der Waals surface area contributed by atoms with Gasteiger partial charge >= 0.3 is 0 Å². The second kappa shape index (κ2) is 6.36. The fourth-order valence-electron chi connectivity index (χ4n) is 3.57. The molecule has 0 aromatic heterocycles. The minimum Gasteiger partial charge on any atom is -0.335 e. The third kappa shape index (κ3) is 3.77. The lowest BCUT2D eigenvalue weighted by Crippen LogP contribution is -2.53. The van der Waals surface area contributed by atoms with E-state index in [2.05, 4.69) is 23.2 Å². The first-order valence-electron chi connectivity index (χ1n) is 8.28. The molecule has 4 heteroatoms. The molecule has 2 atom stereocenters. The van der Waals surface area contributed by atoms with Crippen LogP contribution < -0.4 is 5.32 Å². The van der Waals surface area contributed by atoms with Crippen LogP contribution in [0.25, 0.3) is 0 Å². The van der Waals surface area contributed by atoms with Crippen LogP contribution in [0.1, 0.15) is 59.8 Å². The van der Waals surface area contributed by atoms with Crippen molar-refractivity contribution in [1.29, 1.82) is 5.26 Å². The van der Waals surface area contributed by atoms with Crippen molar-refractivity contribution in [3.8, 4) is 6.07 Å². The van der Waals surface area contributed by atoms with Crippen LogP contribution in [0.15, 0.2) is 0 Å². The Morgan fingerprint density at radius 2 is 1.81 bits per heavy atom. The summed E-state index contributed by atoms with van der Waals surface area (Å²) in [5.41, 5.74) is -0.353. The molecule has 1 saturated carbocycles. The van der Waals surface area contributed by atoms with Gasteiger partial charge in [-0.1, -0.05) is 27.7 Å². The highest BCUT2D eigenvalue weighted by Crippen LogP contribution is 2.33. The van der Waals surface area contributed by atoms with Crippen LogP contribution in [-0.2, 0) is 4.79 Å². The van der Waals surface area contributed by atoms with Gasteiger partial charge in [-0.05, 0) is 38.0 Å². The van der Waals surface area contributed by atoms with E-state index in [1.54, 1.807) is 0 Å². The summed E-state index contributed by atoms with van der Waals surface area (Å²) in [7, 11) is 0. The van der Waals surface area contributed by atoms with Crippen LogP contribution in [0, 0.1) is 22.7 Å². The number of hydrogen-bond acceptors (Lipinski definition) is 3. The third-order valence-corrected chi connectivity index (χ3v) is 4.91. The fourth-order valence-corrected chi connectivity index (χ4v) is 3.57. The summed E-state index contributed by atoms with van der Waals surface area (Å²) < 4.78 is 0. The van der Waals surface area contributed by atoms with Crippen molar-refractivity contribution in [1.82, 2.24) is 10.2 Å². The van der Waals surface area contributed by atoms with Crippen molar-refractivity contribution in [3.63, 3.8) is 0 Å². The molecule has 0 aromatic rings. The summed E-state index contributed by atoms with van der Waals surface area (Å²) >= 11 is 0. The van der Waals surface area contributed by atoms with Crippen molar-refractivity contribution in [2.45, 2.75) is 77.9 Å². The van der Waals surface area contributed by atoms with Crippen LogP contribution in [0.2, 0.25) is 0 Å². The lowest BCUT2D eigenvalue weighted by molar-refractivity contribution is -0.145. The Morgan fingerprint density at radius 1 is 1.19 bits per heavy atom. The zero-order valence-corrected chi connectivity index (χ0v) is 13.9. The van der Waals surface area contributed by atoms with Crippen molar-refractivity contribution in [2.24, 2.45) is 11.3 Å². The van der Waals surface area contributed by atoms with E-state index in [1.165, 1.54) is 12.8 Å². The third-order valence-electron chi connectivity index (χ3n) is 4.91. The summed E-state index contributed by atoms with van der Waals surface area (Å²) in [4.78, 5) is 15.1. The minimum absolute atomic E-state index is 0.104. The van der Waals surface area contributed by atoms with Crippen molar-refractivity contribution >= 4 is 5.91 Å². The van der Waals surface area contributed by atoms with Gasteiger partial charge in [0.1, 0.15) is 0 Å². The van der Waals surface area contributed by atoms with Crippen LogP contribution in [0.4, 0.5) is 0 Å². The molecule has 1 N–H and O–H groups in total. The van der Waals surface area contributed by atoms with E-state index in [0.717, 1.165) is 31.7 Å². The van der Waals surface area contributed by atoms with Gasteiger partial charge in [-0.25, -0.2) is 0 Å². The molecule has 2 rings (SSSR count). The summed E-state index contributed by atoms with van der Waals surface area (Å²) in [6.45, 7) is 9.05. The number of nitriles is 1. The summed E-state index contributed by atoms with van der Waals surface area (Å²) in [5, 5.41) is 12.3. The van der Waals surface area contributed by atoms with E-state index in [1.807, 2.05) is 20.8 Å². The van der Waals surface area contributed by atoms with Gasteiger partial charge < -0.3 is 4.90 Å². The maximum absolute atomic E-state index is 12.9. The highest BCUT2D eigenvalue weighted by molar-refractivity contribution is 5.82. The molecule has 0 bridgehead atoms. The topological polar surface area (TPSA) is 56.1 Å². The fraction of sp³-hybridized carbons (Fsp3) is 0.882. The predicted molar refractivity (Wildman–Crippen MR) is 83.5 cm³/mol. The highest BCUT2D eigenvalue weighted by atomic mass is 16.2. The Labute approximate surface area is 128 Å². The molecule has 2 aliphatic rings. The van der Waals surface area contributed by atoms with Gasteiger partial charge in [-0.15, -0.1) is 0 Å². The number of nitrogens with zero attached hydrogens (tertiary/aromatic N) is 2. The quantitative estimate of drug-likeness (QED) is 0.851. The molecule has 1 heterocycles. The molecule has 2 fully saturated rings. The van der Waals surface area contributed by atoms with Crippen molar-refractivity contribution in [2.75, 3.05) is 6.54 Å². The molecule has 21 heavy (non-hydrogen) atoms. The van der Waals surface area contributed by atoms with E-state index in [9.17, 15) is 4.79 Å². The highest BCUT2D eigenvalue weighted by Gasteiger charge is 2.40. The number of hydrogen-bond donors (Lipinski definition) is 1. The average molecular weight is 291 g/mol. The SMILES string of the molecule is CC(C)(C)C(=O)N([C@@H]1CN[C@H](C#N)C1)[C@H]1CC[C@@H](C)CC1. The van der Waals surface area contributed by atoms with Gasteiger partial charge in [0.25, 0.3) is 0 Å². The molecule has 0 aromatic carbocycles. The normalized spacial score (nSPS) is 33.5. The second-order valence-corrected chi connectivity index (χ2v) is 7.86. The zero-order chi connectivity index (χ0) is 15.6. The van der Waals surface area contributed by atoms with Crippen LogP contribution in [0.3, 0.4) is 0 Å². The number of carbonyl (C=O) groups excluding carboxylic acids is 1. The Kier molecular flexibility index (Phi) is 4.93. The average Bonchev–Trinajstić information content (AvgIpc) is 2.89. The van der Waals surface area contributed by atoms with Gasteiger partial charge in [0, 0.05) is 24.0 Å². The van der Waals surface area contributed by atoms with Gasteiger partial charge in [0.05, 0.1) is 12.1 Å². The predicted octanol–water partition coefficient (Wildman–Crippen LogP) is 2.69. The molecule has 4 nitrogen and oxygen atoms in total. The first kappa shape index (κ1) is 16.3. The van der Waals surface area contributed by atoms with E-state index in [0.29, 0.717) is 6.04 Å². The number of amides is 1. The van der Waals surface area contributed by atoms with E-state index in [-0.39, 0.29) is 23.4 Å². The van der Waals surface area contributed by atoms with E-state index >= 15 is 0 Å². The van der Waals surface area contributed by atoms with E-state index < -0.39 is 0 Å². The molecule has 0 unspecified atom stereocenters. The molecule has 1 amide bonds. The van der Waals surface area contributed by atoms with Gasteiger partial charge in [0.2, 0.25) is 5.91 Å². The van der Waals surface area contributed by atoms with Gasteiger partial charge in [0.15, 0.2) is 0 Å². The van der Waals surface area contributed by atoms with E-state index in [4.69, 9.17) is 5.26 Å². The van der Waals surface area contributed by atoms with Crippen LogP contribution in [-0.4, -0.2) is 35.5 Å². The van der Waals surface area contributed by atoms with Crippen LogP contribution in [0.5, 0.6) is 0 Å². The molecule has 1 aliphatic carbocycles. The van der Waals surface area contributed by atoms with Gasteiger partial charge in [-0.2, -0.15) is 5.26 Å². The Balaban J connectivity index is 2.15. The molecule has 118 valence electrons. The minimum atomic E-state index is -0.353. The largest absolute Gasteiger partial charge is 0.335 e. The summed E-state index contributed by atoms with van der Waals surface area (Å²) in [5.74, 6) is 1.02. The standard InChI is InChI=1S/C17H29N3O/c1-12-5-7-14(8-6-12)20(16(21)17(2,3)4)15-9-13(10-18)19-11-15/h12-15,19H,5-9,11H2,1-4H3/t12-,13-,14+,15-/m0/s1. The molecule has 0 spiro atoms. The number of rotatable bonds is 2. The lowest BCUT2D eigenvalue weighted by Gasteiger charge is -2.42.